The van der Waals surface area contributed by atoms with Crippen molar-refractivity contribution in [3.05, 3.63) is 0 Å². The lowest BCUT2D eigenvalue weighted by Crippen LogP contribution is -2.16. The highest BCUT2D eigenvalue weighted by molar-refractivity contribution is 7.86. The molecule has 0 saturated heterocycles. The fourth-order valence-corrected chi connectivity index (χ4v) is 3.74. The molecule has 0 spiro atoms. The van der Waals surface area contributed by atoms with Gasteiger partial charge in [-0.3, -0.25) is 4.18 Å². The second-order valence-electron chi connectivity index (χ2n) is 9.59. The summed E-state index contributed by atoms with van der Waals surface area (Å²) in [4.78, 5) is 0. The zero-order valence-corrected chi connectivity index (χ0v) is 30.7. The van der Waals surface area contributed by atoms with Gasteiger partial charge in [-0.05, 0) is 6.92 Å². The van der Waals surface area contributed by atoms with Gasteiger partial charge in [0, 0.05) is 6.61 Å². The molecule has 0 rings (SSSR count). The molecular formula is C31H64O17S. The average Bonchev–Trinajstić information content (AvgIpc) is 3.10. The van der Waals surface area contributed by atoms with E-state index in [2.05, 4.69) is 4.18 Å². The summed E-state index contributed by atoms with van der Waals surface area (Å²) in [6.45, 7) is 15.4. The lowest BCUT2D eigenvalue weighted by Gasteiger charge is -2.09. The molecule has 0 aromatic rings. The van der Waals surface area contributed by atoms with Gasteiger partial charge in [0.15, 0.2) is 0 Å². The first kappa shape index (κ1) is 48.3. The smallest absolute Gasteiger partial charge is 0.269 e. The first-order chi connectivity index (χ1) is 24.1. The minimum atomic E-state index is -3.48. The van der Waals surface area contributed by atoms with Crippen LogP contribution in [0.5, 0.6) is 0 Å². The van der Waals surface area contributed by atoms with Gasteiger partial charge in [0.1, 0.15) is 0 Å². The van der Waals surface area contributed by atoms with Crippen LogP contribution >= 0.6 is 0 Å². The summed E-state index contributed by atoms with van der Waals surface area (Å²) in [6.07, 6.45) is 0. The number of hydrogen-bond acceptors (Lipinski definition) is 17. The predicted molar refractivity (Wildman–Crippen MR) is 178 cm³/mol. The topological polar surface area (TPSA) is 173 Å². The largest absolute Gasteiger partial charge is 0.379 e. The Hall–Kier alpha value is -0.650. The van der Waals surface area contributed by atoms with Crippen molar-refractivity contribution in [3.63, 3.8) is 0 Å². The van der Waals surface area contributed by atoms with Crippen molar-refractivity contribution in [1.82, 2.24) is 0 Å². The van der Waals surface area contributed by atoms with E-state index in [1.807, 2.05) is 6.92 Å². The molecule has 0 aromatic carbocycles. The van der Waals surface area contributed by atoms with Gasteiger partial charge in [0.05, 0.1) is 191 Å². The molecule has 0 amide bonds. The Bertz CT molecular complexity index is 720. The van der Waals surface area contributed by atoms with Crippen LogP contribution < -0.4 is 0 Å². The van der Waals surface area contributed by atoms with E-state index in [0.717, 1.165) is 7.11 Å². The Kier molecular flexibility index (Phi) is 41.2. The standard InChI is InChI=1S/C31H64O17S/c1-3-35-4-5-36-6-7-37-8-9-38-10-11-39-12-13-40-14-15-41-16-17-42-18-19-43-20-21-44-22-23-45-24-25-46-26-27-47-28-29-48-30-31-49(32,33)34-2/h3-31H2,1-2H3. The first-order valence-corrected chi connectivity index (χ1v) is 18.6. The van der Waals surface area contributed by atoms with Crippen molar-refractivity contribution in [2.45, 2.75) is 6.92 Å². The van der Waals surface area contributed by atoms with E-state index in [4.69, 9.17) is 66.3 Å². The molecule has 0 fully saturated rings. The highest BCUT2D eigenvalue weighted by Gasteiger charge is 2.07. The molecule has 0 N–H and O–H groups in total. The number of rotatable bonds is 44. The van der Waals surface area contributed by atoms with Crippen LogP contribution in [0.3, 0.4) is 0 Å². The Labute approximate surface area is 293 Å². The molecule has 296 valence electrons. The Morgan fingerprint density at radius 2 is 0.449 bits per heavy atom. The number of hydrogen-bond donors (Lipinski definition) is 0. The van der Waals surface area contributed by atoms with Gasteiger partial charge in [0.2, 0.25) is 0 Å². The fourth-order valence-electron chi connectivity index (χ4n) is 3.25. The van der Waals surface area contributed by atoms with Crippen LogP contribution in [0.25, 0.3) is 0 Å². The van der Waals surface area contributed by atoms with E-state index in [1.54, 1.807) is 0 Å². The Morgan fingerprint density at radius 1 is 0.286 bits per heavy atom. The van der Waals surface area contributed by atoms with E-state index in [0.29, 0.717) is 178 Å². The molecule has 0 saturated carbocycles. The lowest BCUT2D eigenvalue weighted by atomic mass is 10.6. The van der Waals surface area contributed by atoms with Gasteiger partial charge < -0.3 is 66.3 Å². The molecule has 49 heavy (non-hydrogen) atoms. The van der Waals surface area contributed by atoms with Crippen LogP contribution in [-0.2, 0) is 80.6 Å². The SMILES string of the molecule is CCOCCOCCOCCOCCOCCOCCOCCOCCOCCOCCOCCOCCOCCOCCS(=O)(=O)OC. The molecule has 0 aromatic heterocycles. The molecule has 0 radical (unpaired) electrons. The second-order valence-corrected chi connectivity index (χ2v) is 11.4. The minimum absolute atomic E-state index is 0.0669. The van der Waals surface area contributed by atoms with Crippen molar-refractivity contribution >= 4 is 10.1 Å². The van der Waals surface area contributed by atoms with E-state index in [9.17, 15) is 8.42 Å². The van der Waals surface area contributed by atoms with E-state index in [-0.39, 0.29) is 12.4 Å². The van der Waals surface area contributed by atoms with E-state index in [1.165, 1.54) is 0 Å². The van der Waals surface area contributed by atoms with Gasteiger partial charge >= 0.3 is 0 Å². The zero-order chi connectivity index (χ0) is 35.6. The molecule has 0 unspecified atom stereocenters. The van der Waals surface area contributed by atoms with Crippen molar-refractivity contribution in [2.75, 3.05) is 198 Å². The van der Waals surface area contributed by atoms with Gasteiger partial charge in [0.25, 0.3) is 10.1 Å². The fraction of sp³-hybridized carbons (Fsp3) is 1.00. The van der Waals surface area contributed by atoms with E-state index < -0.39 is 10.1 Å². The zero-order valence-electron chi connectivity index (χ0n) is 29.9. The van der Waals surface area contributed by atoms with Crippen LogP contribution in [0.1, 0.15) is 6.92 Å². The molecule has 0 heterocycles. The monoisotopic (exact) mass is 740 g/mol. The summed E-state index contributed by atoms with van der Waals surface area (Å²) in [5.41, 5.74) is 0. The average molecular weight is 741 g/mol. The van der Waals surface area contributed by atoms with Gasteiger partial charge in [-0.15, -0.1) is 0 Å². The summed E-state index contributed by atoms with van der Waals surface area (Å²) in [5.74, 6) is -0.180. The molecule has 18 heteroatoms. The maximum atomic E-state index is 11.1. The maximum Gasteiger partial charge on any atom is 0.269 e. The molecule has 0 aliphatic carbocycles. The summed E-state index contributed by atoms with van der Waals surface area (Å²) < 4.78 is 102. The van der Waals surface area contributed by atoms with Crippen LogP contribution in [-0.4, -0.2) is 206 Å². The summed E-state index contributed by atoms with van der Waals surface area (Å²) in [7, 11) is -2.36. The van der Waals surface area contributed by atoms with Crippen LogP contribution in [0.2, 0.25) is 0 Å². The molecular weight excluding hydrogens is 676 g/mol. The van der Waals surface area contributed by atoms with Crippen molar-refractivity contribution < 1.29 is 78.9 Å². The number of ether oxygens (including phenoxy) is 14. The maximum absolute atomic E-state index is 11.1. The third-order valence-electron chi connectivity index (χ3n) is 5.77. The molecule has 0 bridgehead atoms. The third-order valence-corrected chi connectivity index (χ3v) is 6.95. The summed E-state index contributed by atoms with van der Waals surface area (Å²) >= 11 is 0. The predicted octanol–water partition coefficient (Wildman–Crippen LogP) is 0.215. The molecule has 17 nitrogen and oxygen atoms in total. The second kappa shape index (κ2) is 41.8. The highest BCUT2D eigenvalue weighted by atomic mass is 32.2. The minimum Gasteiger partial charge on any atom is -0.379 e. The first-order valence-electron chi connectivity index (χ1n) is 17.0. The van der Waals surface area contributed by atoms with Crippen LogP contribution in [0.15, 0.2) is 0 Å². The van der Waals surface area contributed by atoms with Crippen LogP contribution in [0.4, 0.5) is 0 Å². The van der Waals surface area contributed by atoms with Gasteiger partial charge in [-0.25, -0.2) is 0 Å². The normalized spacial score (nSPS) is 12.0. The Morgan fingerprint density at radius 3 is 0.612 bits per heavy atom. The summed E-state index contributed by atoms with van der Waals surface area (Å²) in [5, 5.41) is 0. The van der Waals surface area contributed by atoms with Crippen molar-refractivity contribution in [2.24, 2.45) is 0 Å². The van der Waals surface area contributed by atoms with E-state index >= 15 is 0 Å². The third kappa shape index (κ3) is 43.4. The highest BCUT2D eigenvalue weighted by Crippen LogP contribution is 1.91. The van der Waals surface area contributed by atoms with Crippen LogP contribution in [0, 0.1) is 0 Å². The van der Waals surface area contributed by atoms with Crippen molar-refractivity contribution in [3.8, 4) is 0 Å². The quantitative estimate of drug-likeness (QED) is 0.0613. The van der Waals surface area contributed by atoms with Gasteiger partial charge in [-0.2, -0.15) is 8.42 Å². The Balaban J connectivity index is 3.07. The van der Waals surface area contributed by atoms with Gasteiger partial charge in [-0.1, -0.05) is 0 Å². The molecule has 0 aliphatic rings. The van der Waals surface area contributed by atoms with Crippen molar-refractivity contribution in [1.29, 1.82) is 0 Å². The summed E-state index contributed by atoms with van der Waals surface area (Å²) in [6, 6.07) is 0. The lowest BCUT2D eigenvalue weighted by molar-refractivity contribution is -0.0294. The molecule has 0 aliphatic heterocycles. The molecule has 0 atom stereocenters.